The van der Waals surface area contributed by atoms with E-state index in [4.69, 9.17) is 18.9 Å². The molecule has 1 aliphatic heterocycles. The van der Waals surface area contributed by atoms with E-state index in [0.29, 0.717) is 48.3 Å². The molecule has 0 aliphatic carbocycles. The van der Waals surface area contributed by atoms with Gasteiger partial charge >= 0.3 is 5.97 Å². The lowest BCUT2D eigenvalue weighted by Crippen LogP contribution is -2.20. The predicted molar refractivity (Wildman–Crippen MR) is 98.6 cm³/mol. The number of amides is 1. The van der Waals surface area contributed by atoms with Crippen molar-refractivity contribution in [1.29, 1.82) is 0 Å². The van der Waals surface area contributed by atoms with Gasteiger partial charge in [0.25, 0.3) is 5.91 Å². The third kappa shape index (κ3) is 5.13. The minimum Gasteiger partial charge on any atom is -0.490 e. The van der Waals surface area contributed by atoms with Gasteiger partial charge in [-0.05, 0) is 43.3 Å². The minimum atomic E-state index is -0.392. The van der Waals surface area contributed by atoms with Crippen LogP contribution in [0.3, 0.4) is 0 Å². The fourth-order valence-electron chi connectivity index (χ4n) is 2.49. The summed E-state index contributed by atoms with van der Waals surface area (Å²) in [5.74, 6) is 1.07. The second-order valence-corrected chi connectivity index (χ2v) is 5.79. The van der Waals surface area contributed by atoms with Crippen LogP contribution in [0, 0.1) is 0 Å². The van der Waals surface area contributed by atoms with E-state index in [1.807, 2.05) is 0 Å². The average molecular weight is 371 g/mol. The zero-order chi connectivity index (χ0) is 19.1. The van der Waals surface area contributed by atoms with E-state index in [1.54, 1.807) is 49.4 Å². The Hall–Kier alpha value is -3.22. The molecular weight excluding hydrogens is 350 g/mol. The molecule has 0 spiro atoms. The van der Waals surface area contributed by atoms with Crippen molar-refractivity contribution in [3.63, 3.8) is 0 Å². The molecule has 0 atom stereocenters. The van der Waals surface area contributed by atoms with Gasteiger partial charge < -0.3 is 24.3 Å². The lowest BCUT2D eigenvalue weighted by atomic mass is 10.2. The summed E-state index contributed by atoms with van der Waals surface area (Å²) >= 11 is 0. The highest BCUT2D eigenvalue weighted by atomic mass is 16.5. The number of esters is 1. The fraction of sp³-hybridized carbons (Fsp3) is 0.300. The van der Waals surface area contributed by atoms with E-state index in [9.17, 15) is 9.59 Å². The van der Waals surface area contributed by atoms with Crippen molar-refractivity contribution in [1.82, 2.24) is 0 Å². The van der Waals surface area contributed by atoms with Gasteiger partial charge in [0, 0.05) is 18.2 Å². The van der Waals surface area contributed by atoms with Crippen LogP contribution in [0.5, 0.6) is 17.2 Å². The summed E-state index contributed by atoms with van der Waals surface area (Å²) in [6.45, 7) is 3.10. The number of anilines is 1. The topological polar surface area (TPSA) is 83.1 Å². The van der Waals surface area contributed by atoms with E-state index < -0.39 is 5.97 Å². The van der Waals surface area contributed by atoms with Crippen LogP contribution in [-0.4, -0.2) is 38.3 Å². The predicted octanol–water partition coefficient (Wildman–Crippen LogP) is 3.04. The third-order valence-corrected chi connectivity index (χ3v) is 3.77. The van der Waals surface area contributed by atoms with Crippen LogP contribution in [0.2, 0.25) is 0 Å². The maximum atomic E-state index is 12.1. The summed E-state index contributed by atoms with van der Waals surface area (Å²) in [7, 11) is 0. The number of fused-ring (bicyclic) bond motifs is 1. The number of rotatable bonds is 6. The molecule has 0 unspecified atom stereocenters. The highest BCUT2D eigenvalue weighted by molar-refractivity contribution is 5.92. The molecule has 142 valence electrons. The van der Waals surface area contributed by atoms with Crippen molar-refractivity contribution in [3.05, 3.63) is 48.0 Å². The van der Waals surface area contributed by atoms with Crippen molar-refractivity contribution >= 4 is 17.6 Å². The Morgan fingerprint density at radius 2 is 1.78 bits per heavy atom. The highest BCUT2D eigenvalue weighted by Gasteiger charge is 2.12. The van der Waals surface area contributed by atoms with Crippen molar-refractivity contribution in [3.8, 4) is 17.2 Å². The molecule has 1 amide bonds. The van der Waals surface area contributed by atoms with Crippen molar-refractivity contribution < 1.29 is 28.5 Å². The Kier molecular flexibility index (Phi) is 6.14. The van der Waals surface area contributed by atoms with Gasteiger partial charge in [0.05, 0.1) is 25.4 Å². The normalized spacial score (nSPS) is 12.6. The molecule has 3 rings (SSSR count). The minimum absolute atomic E-state index is 0.160. The van der Waals surface area contributed by atoms with E-state index in [1.165, 1.54) is 0 Å². The molecule has 2 aromatic rings. The number of hydrogen-bond donors (Lipinski definition) is 1. The Morgan fingerprint density at radius 3 is 2.52 bits per heavy atom. The van der Waals surface area contributed by atoms with E-state index in [-0.39, 0.29) is 12.5 Å². The van der Waals surface area contributed by atoms with E-state index in [0.717, 1.165) is 6.42 Å². The lowest BCUT2D eigenvalue weighted by molar-refractivity contribution is -0.118. The van der Waals surface area contributed by atoms with Gasteiger partial charge in [-0.1, -0.05) is 0 Å². The number of carbonyl (C=O) groups excluding carboxylic acids is 2. The molecule has 2 aromatic carbocycles. The van der Waals surface area contributed by atoms with Crippen molar-refractivity contribution in [2.45, 2.75) is 13.3 Å². The van der Waals surface area contributed by atoms with Gasteiger partial charge in [-0.3, -0.25) is 4.79 Å². The van der Waals surface area contributed by atoms with Gasteiger partial charge in [0.1, 0.15) is 5.75 Å². The van der Waals surface area contributed by atoms with Gasteiger partial charge in [-0.25, -0.2) is 4.79 Å². The first-order chi connectivity index (χ1) is 13.2. The summed E-state index contributed by atoms with van der Waals surface area (Å²) < 4.78 is 21.5. The molecular formula is C20H21NO6. The molecule has 0 radical (unpaired) electrons. The molecule has 1 aliphatic rings. The van der Waals surface area contributed by atoms with Gasteiger partial charge in [0.2, 0.25) is 0 Å². The SMILES string of the molecule is CCOC(=O)c1ccc(OCC(=O)Nc2ccc3c(c2)OCCCO3)cc1. The maximum Gasteiger partial charge on any atom is 0.338 e. The molecule has 0 saturated carbocycles. The molecule has 0 bridgehead atoms. The van der Waals surface area contributed by atoms with Crippen molar-refractivity contribution in [2.75, 3.05) is 31.7 Å². The lowest BCUT2D eigenvalue weighted by Gasteiger charge is -2.11. The van der Waals surface area contributed by atoms with E-state index in [2.05, 4.69) is 5.32 Å². The number of benzene rings is 2. The molecule has 0 saturated heterocycles. The Balaban J connectivity index is 1.52. The molecule has 1 N–H and O–H groups in total. The Morgan fingerprint density at radius 1 is 1.04 bits per heavy atom. The molecule has 0 fully saturated rings. The maximum absolute atomic E-state index is 12.1. The zero-order valence-electron chi connectivity index (χ0n) is 15.0. The first-order valence-electron chi connectivity index (χ1n) is 8.75. The van der Waals surface area contributed by atoms with Crippen LogP contribution in [-0.2, 0) is 9.53 Å². The number of ether oxygens (including phenoxy) is 4. The third-order valence-electron chi connectivity index (χ3n) is 3.77. The second-order valence-electron chi connectivity index (χ2n) is 5.79. The molecule has 7 heteroatoms. The van der Waals surface area contributed by atoms with Crippen molar-refractivity contribution in [2.24, 2.45) is 0 Å². The molecule has 27 heavy (non-hydrogen) atoms. The summed E-state index contributed by atoms with van der Waals surface area (Å²) in [6, 6.07) is 11.7. The summed E-state index contributed by atoms with van der Waals surface area (Å²) in [5, 5.41) is 2.76. The summed E-state index contributed by atoms with van der Waals surface area (Å²) in [5.41, 5.74) is 1.03. The van der Waals surface area contributed by atoms with Gasteiger partial charge in [0.15, 0.2) is 18.1 Å². The van der Waals surface area contributed by atoms with Crippen LogP contribution in [0.1, 0.15) is 23.7 Å². The highest BCUT2D eigenvalue weighted by Crippen LogP contribution is 2.32. The van der Waals surface area contributed by atoms with E-state index >= 15 is 0 Å². The first-order valence-corrected chi connectivity index (χ1v) is 8.75. The van der Waals surface area contributed by atoms with Crippen LogP contribution >= 0.6 is 0 Å². The fourth-order valence-corrected chi connectivity index (χ4v) is 2.49. The average Bonchev–Trinajstić information content (AvgIpc) is 2.92. The summed E-state index contributed by atoms with van der Waals surface area (Å²) in [4.78, 5) is 23.7. The number of hydrogen-bond acceptors (Lipinski definition) is 6. The Labute approximate surface area is 157 Å². The standard InChI is InChI=1S/C20H21NO6/c1-2-24-20(23)14-4-7-16(8-5-14)27-13-19(22)21-15-6-9-17-18(12-15)26-11-3-10-25-17/h4-9,12H,2-3,10-11,13H2,1H3,(H,21,22). The number of nitrogens with one attached hydrogen (secondary N) is 1. The smallest absolute Gasteiger partial charge is 0.338 e. The number of carbonyl (C=O) groups is 2. The second kappa shape index (κ2) is 8.93. The summed E-state index contributed by atoms with van der Waals surface area (Å²) in [6.07, 6.45) is 0.819. The monoisotopic (exact) mass is 371 g/mol. The molecule has 1 heterocycles. The van der Waals surface area contributed by atoms with Gasteiger partial charge in [-0.2, -0.15) is 0 Å². The first kappa shape index (κ1) is 18.6. The Bertz CT molecular complexity index is 803. The van der Waals surface area contributed by atoms with Crippen LogP contribution in [0.25, 0.3) is 0 Å². The van der Waals surface area contributed by atoms with Crippen LogP contribution < -0.4 is 19.5 Å². The quantitative estimate of drug-likeness (QED) is 0.786. The van der Waals surface area contributed by atoms with Gasteiger partial charge in [-0.15, -0.1) is 0 Å². The zero-order valence-corrected chi connectivity index (χ0v) is 15.0. The van der Waals surface area contributed by atoms with Crippen LogP contribution in [0.4, 0.5) is 5.69 Å². The molecule has 7 nitrogen and oxygen atoms in total. The van der Waals surface area contributed by atoms with Crippen LogP contribution in [0.15, 0.2) is 42.5 Å². The molecule has 0 aromatic heterocycles. The largest absolute Gasteiger partial charge is 0.490 e.